The van der Waals surface area contributed by atoms with Gasteiger partial charge in [-0.3, -0.25) is 19.4 Å². The normalized spacial score (nSPS) is 16.4. The molecule has 1 aliphatic heterocycles. The van der Waals surface area contributed by atoms with E-state index >= 15 is 0 Å². The van der Waals surface area contributed by atoms with E-state index in [1.807, 2.05) is 4.90 Å². The number of nitrogen functional groups attached to an aromatic ring is 1. The molecule has 0 unspecified atom stereocenters. The molecule has 1 fully saturated rings. The molecule has 7 nitrogen and oxygen atoms in total. The number of fused-ring (bicyclic) bond motifs is 1. The van der Waals surface area contributed by atoms with Crippen molar-refractivity contribution in [2.75, 3.05) is 24.1 Å². The lowest BCUT2D eigenvalue weighted by molar-refractivity contribution is -0.115. The predicted octanol–water partition coefficient (Wildman–Crippen LogP) is 2.42. The summed E-state index contributed by atoms with van der Waals surface area (Å²) < 4.78 is 0. The highest BCUT2D eigenvalue weighted by Gasteiger charge is 2.36. The second kappa shape index (κ2) is 7.26. The summed E-state index contributed by atoms with van der Waals surface area (Å²) in [5.74, 6) is -0.874. The Morgan fingerprint density at radius 1 is 1.04 bits per heavy atom. The molecule has 7 heteroatoms. The number of anilines is 2. The molecule has 0 atom stereocenters. The van der Waals surface area contributed by atoms with E-state index in [2.05, 4.69) is 10.3 Å². The highest BCUT2D eigenvalue weighted by molar-refractivity contribution is 6.27. The number of pyridine rings is 1. The molecule has 0 saturated carbocycles. The number of rotatable bonds is 4. The van der Waals surface area contributed by atoms with Crippen molar-refractivity contribution in [1.29, 1.82) is 0 Å². The molecule has 3 N–H and O–H groups in total. The van der Waals surface area contributed by atoms with E-state index in [1.54, 1.807) is 24.3 Å². The fourth-order valence-electron chi connectivity index (χ4n) is 3.68. The molecule has 0 spiro atoms. The highest BCUT2D eigenvalue weighted by atomic mass is 16.2. The number of carbonyl (C=O) groups excluding carboxylic acids is 3. The van der Waals surface area contributed by atoms with Gasteiger partial charge in [0.15, 0.2) is 5.78 Å². The van der Waals surface area contributed by atoms with Gasteiger partial charge in [0.1, 0.15) is 0 Å². The largest absolute Gasteiger partial charge is 0.399 e. The lowest BCUT2D eigenvalue weighted by Gasteiger charge is -2.27. The monoisotopic (exact) mass is 376 g/mol. The summed E-state index contributed by atoms with van der Waals surface area (Å²) >= 11 is 0. The maximum atomic E-state index is 13.1. The van der Waals surface area contributed by atoms with Crippen molar-refractivity contribution in [2.24, 2.45) is 0 Å². The number of Topliss-reactive ketones (excluding diaryl/α,β-unsaturated/α-hetero) is 2. The number of ketones is 2. The maximum absolute atomic E-state index is 13.1. The third-order valence-electron chi connectivity index (χ3n) is 5.04. The lowest BCUT2D eigenvalue weighted by Crippen LogP contribution is -2.34. The summed E-state index contributed by atoms with van der Waals surface area (Å²) in [5.41, 5.74) is 8.04. The van der Waals surface area contributed by atoms with Crippen LogP contribution in [0.5, 0.6) is 0 Å². The van der Waals surface area contributed by atoms with E-state index in [0.717, 1.165) is 12.8 Å². The number of nitrogens with two attached hydrogens (primary N) is 1. The van der Waals surface area contributed by atoms with E-state index in [0.29, 0.717) is 41.3 Å². The minimum Gasteiger partial charge on any atom is -0.399 e. The topological polar surface area (TPSA) is 105 Å². The third-order valence-corrected chi connectivity index (χ3v) is 5.04. The van der Waals surface area contributed by atoms with E-state index < -0.39 is 0 Å². The molecule has 142 valence electrons. The zero-order valence-corrected chi connectivity index (χ0v) is 15.3. The van der Waals surface area contributed by atoms with Crippen LogP contribution in [0.15, 0.2) is 54.0 Å². The first-order valence-electron chi connectivity index (χ1n) is 9.21. The number of benzene rings is 1. The quantitative estimate of drug-likeness (QED) is 0.794. The number of likely N-dealkylation sites (tertiary alicyclic amines) is 1. The van der Waals surface area contributed by atoms with Crippen molar-refractivity contribution >= 4 is 28.8 Å². The van der Waals surface area contributed by atoms with Gasteiger partial charge in [-0.25, -0.2) is 0 Å². The Bertz CT molecular complexity index is 989. The number of aromatic nitrogens is 1. The Morgan fingerprint density at radius 3 is 2.46 bits per heavy atom. The molecule has 1 amide bonds. The standard InChI is InChI=1S/C21H20N4O3/c22-13-3-5-14(6-4-13)24-18(26)11-16-19(25-9-1-2-10-25)21(28)17-12-23-8-7-15(17)20(16)27/h3-8,12H,1-2,9-11,22H2,(H,24,26). The minimum atomic E-state index is -0.352. The fourth-order valence-corrected chi connectivity index (χ4v) is 3.68. The average Bonchev–Trinajstić information content (AvgIpc) is 3.22. The van der Waals surface area contributed by atoms with Gasteiger partial charge in [0, 0.05) is 48.0 Å². The Hall–Kier alpha value is -3.48. The lowest BCUT2D eigenvalue weighted by atomic mass is 9.86. The zero-order chi connectivity index (χ0) is 19.7. The van der Waals surface area contributed by atoms with Gasteiger partial charge in [-0.15, -0.1) is 0 Å². The second-order valence-corrected chi connectivity index (χ2v) is 6.95. The van der Waals surface area contributed by atoms with Crippen LogP contribution in [0.1, 0.15) is 40.0 Å². The first kappa shape index (κ1) is 17.9. The Kier molecular flexibility index (Phi) is 4.65. The molecule has 2 heterocycles. The van der Waals surface area contributed by atoms with Gasteiger partial charge in [0.05, 0.1) is 17.7 Å². The molecule has 0 radical (unpaired) electrons. The Morgan fingerprint density at radius 2 is 1.75 bits per heavy atom. The van der Waals surface area contributed by atoms with E-state index in [9.17, 15) is 14.4 Å². The summed E-state index contributed by atoms with van der Waals surface area (Å²) in [4.78, 5) is 44.7. The fraction of sp³-hybridized carbons (Fsp3) is 0.238. The highest BCUT2D eigenvalue weighted by Crippen LogP contribution is 2.31. The minimum absolute atomic E-state index is 0.164. The average molecular weight is 376 g/mol. The molecular weight excluding hydrogens is 356 g/mol. The van der Waals surface area contributed by atoms with Crippen molar-refractivity contribution in [2.45, 2.75) is 19.3 Å². The summed E-state index contributed by atoms with van der Waals surface area (Å²) in [6.45, 7) is 1.40. The molecule has 4 rings (SSSR count). The van der Waals surface area contributed by atoms with Gasteiger partial charge in [-0.05, 0) is 43.2 Å². The predicted molar refractivity (Wildman–Crippen MR) is 105 cm³/mol. The Balaban J connectivity index is 1.67. The van der Waals surface area contributed by atoms with Gasteiger partial charge in [0.2, 0.25) is 11.7 Å². The van der Waals surface area contributed by atoms with Crippen molar-refractivity contribution in [1.82, 2.24) is 9.88 Å². The Labute approximate surface area is 162 Å². The number of nitrogens with one attached hydrogen (secondary N) is 1. The number of amides is 1. The molecule has 1 aliphatic carbocycles. The first-order valence-corrected chi connectivity index (χ1v) is 9.21. The molecule has 2 aliphatic rings. The number of allylic oxidation sites excluding steroid dienone is 1. The van der Waals surface area contributed by atoms with Crippen LogP contribution >= 0.6 is 0 Å². The van der Waals surface area contributed by atoms with Gasteiger partial charge >= 0.3 is 0 Å². The number of hydrogen-bond acceptors (Lipinski definition) is 6. The van der Waals surface area contributed by atoms with Crippen LogP contribution in [0.3, 0.4) is 0 Å². The van der Waals surface area contributed by atoms with Crippen LogP contribution in [0, 0.1) is 0 Å². The van der Waals surface area contributed by atoms with Crippen LogP contribution in [-0.4, -0.2) is 40.4 Å². The first-order chi connectivity index (χ1) is 13.5. The molecule has 1 saturated heterocycles. The molecule has 1 aromatic heterocycles. The summed E-state index contributed by atoms with van der Waals surface area (Å²) in [6.07, 6.45) is 4.65. The van der Waals surface area contributed by atoms with Crippen molar-refractivity contribution in [3.05, 3.63) is 65.1 Å². The third kappa shape index (κ3) is 3.26. The van der Waals surface area contributed by atoms with Crippen molar-refractivity contribution in [3.63, 3.8) is 0 Å². The molecule has 2 aromatic rings. The SMILES string of the molecule is Nc1ccc(NC(=O)CC2=C(N3CCCC3)C(=O)c3cnccc3C2=O)cc1. The van der Waals surface area contributed by atoms with Crippen LogP contribution < -0.4 is 11.1 Å². The van der Waals surface area contributed by atoms with E-state index in [1.165, 1.54) is 18.5 Å². The summed E-state index contributed by atoms with van der Waals surface area (Å²) in [7, 11) is 0. The number of nitrogens with zero attached hydrogens (tertiary/aromatic N) is 2. The maximum Gasteiger partial charge on any atom is 0.229 e. The van der Waals surface area contributed by atoms with Crippen molar-refractivity contribution in [3.8, 4) is 0 Å². The van der Waals surface area contributed by atoms with Gasteiger partial charge in [-0.1, -0.05) is 0 Å². The van der Waals surface area contributed by atoms with Gasteiger partial charge < -0.3 is 16.0 Å². The zero-order valence-electron chi connectivity index (χ0n) is 15.3. The molecule has 0 bridgehead atoms. The number of carbonyl (C=O) groups is 3. The van der Waals surface area contributed by atoms with E-state index in [4.69, 9.17) is 5.73 Å². The number of hydrogen-bond donors (Lipinski definition) is 2. The van der Waals surface area contributed by atoms with Gasteiger partial charge in [-0.2, -0.15) is 0 Å². The molecular formula is C21H20N4O3. The van der Waals surface area contributed by atoms with Gasteiger partial charge in [0.25, 0.3) is 0 Å². The van der Waals surface area contributed by atoms with Crippen LogP contribution in [-0.2, 0) is 4.79 Å². The van der Waals surface area contributed by atoms with Crippen molar-refractivity contribution < 1.29 is 14.4 Å². The smallest absolute Gasteiger partial charge is 0.229 e. The summed E-state index contributed by atoms with van der Waals surface area (Å²) in [5, 5.41) is 2.76. The summed E-state index contributed by atoms with van der Waals surface area (Å²) in [6, 6.07) is 8.29. The van der Waals surface area contributed by atoms with E-state index in [-0.39, 0.29) is 29.5 Å². The second-order valence-electron chi connectivity index (χ2n) is 6.95. The van der Waals surface area contributed by atoms with Crippen LogP contribution in [0.2, 0.25) is 0 Å². The molecule has 28 heavy (non-hydrogen) atoms. The van der Waals surface area contributed by atoms with Crippen LogP contribution in [0.4, 0.5) is 11.4 Å². The van der Waals surface area contributed by atoms with Crippen LogP contribution in [0.25, 0.3) is 0 Å². The molecule has 1 aromatic carbocycles.